The highest BCUT2D eigenvalue weighted by molar-refractivity contribution is 6.13. The van der Waals surface area contributed by atoms with E-state index in [-0.39, 0.29) is 12.3 Å². The summed E-state index contributed by atoms with van der Waals surface area (Å²) in [6.07, 6.45) is 3.58. The first-order valence-corrected chi connectivity index (χ1v) is 7.37. The lowest BCUT2D eigenvalue weighted by Gasteiger charge is -2.19. The molecular weight excluding hydrogens is 292 g/mol. The molecule has 3 heterocycles. The molecule has 2 aromatic heterocycles. The Morgan fingerprint density at radius 3 is 2.65 bits per heavy atom. The molecule has 3 aromatic rings. The number of hydrogen-bond donors (Lipinski definition) is 1. The van der Waals surface area contributed by atoms with Crippen LogP contribution >= 0.6 is 0 Å². The van der Waals surface area contributed by atoms with E-state index >= 15 is 0 Å². The first-order chi connectivity index (χ1) is 11.1. The van der Waals surface area contributed by atoms with Gasteiger partial charge in [0.05, 0.1) is 22.6 Å². The van der Waals surface area contributed by atoms with E-state index in [2.05, 4.69) is 9.97 Å². The van der Waals surface area contributed by atoms with Crippen LogP contribution in [-0.4, -0.2) is 28.3 Å². The molecule has 114 valence electrons. The standard InChI is InChI=1S/C17H14N4O2/c18-17(23)11-8-14(22)21(9-11)13-7-10-3-1-5-19-15(10)16-12(13)4-2-6-20-16/h1-7,11H,8-9H2,(H2,18,23). The number of anilines is 1. The number of nitrogens with zero attached hydrogens (tertiary/aromatic N) is 3. The lowest BCUT2D eigenvalue weighted by atomic mass is 10.1. The van der Waals surface area contributed by atoms with Crippen LogP contribution in [0.5, 0.6) is 0 Å². The summed E-state index contributed by atoms with van der Waals surface area (Å²) in [4.78, 5) is 34.2. The molecule has 6 nitrogen and oxygen atoms in total. The molecule has 1 unspecified atom stereocenters. The van der Waals surface area contributed by atoms with Crippen molar-refractivity contribution < 1.29 is 9.59 Å². The molecule has 2 N–H and O–H groups in total. The molecule has 0 aliphatic carbocycles. The third-order valence-corrected chi connectivity index (χ3v) is 4.26. The van der Waals surface area contributed by atoms with Crippen LogP contribution in [0.25, 0.3) is 21.8 Å². The number of amides is 2. The normalized spacial score (nSPS) is 18.0. The molecule has 0 radical (unpaired) electrons. The molecule has 2 amide bonds. The van der Waals surface area contributed by atoms with Crippen LogP contribution < -0.4 is 10.6 Å². The van der Waals surface area contributed by atoms with Gasteiger partial charge in [0, 0.05) is 36.1 Å². The Kier molecular flexibility index (Phi) is 2.97. The van der Waals surface area contributed by atoms with E-state index in [1.807, 2.05) is 30.3 Å². The number of aromatic nitrogens is 2. The van der Waals surface area contributed by atoms with Crippen molar-refractivity contribution >= 4 is 39.3 Å². The van der Waals surface area contributed by atoms with Crippen molar-refractivity contribution in [3.63, 3.8) is 0 Å². The van der Waals surface area contributed by atoms with Gasteiger partial charge in [-0.2, -0.15) is 0 Å². The SMILES string of the molecule is NC(=O)C1CC(=O)N(c2cc3cccnc3c3ncccc23)C1. The second kappa shape index (κ2) is 5.01. The summed E-state index contributed by atoms with van der Waals surface area (Å²) in [6, 6.07) is 9.45. The minimum atomic E-state index is -0.446. The van der Waals surface area contributed by atoms with Crippen molar-refractivity contribution in [1.29, 1.82) is 0 Å². The van der Waals surface area contributed by atoms with E-state index in [4.69, 9.17) is 5.73 Å². The van der Waals surface area contributed by atoms with Crippen molar-refractivity contribution in [1.82, 2.24) is 9.97 Å². The fourth-order valence-electron chi connectivity index (χ4n) is 3.11. The fraction of sp³-hybridized carbons (Fsp3) is 0.176. The first-order valence-electron chi connectivity index (χ1n) is 7.37. The molecule has 1 aliphatic heterocycles. The van der Waals surface area contributed by atoms with Crippen LogP contribution in [0.1, 0.15) is 6.42 Å². The number of benzene rings is 1. The van der Waals surface area contributed by atoms with Crippen LogP contribution in [0.2, 0.25) is 0 Å². The Labute approximate surface area is 131 Å². The Bertz CT molecular complexity index is 954. The Morgan fingerprint density at radius 1 is 1.17 bits per heavy atom. The first kappa shape index (κ1) is 13.6. The molecule has 1 atom stereocenters. The van der Waals surface area contributed by atoms with E-state index in [0.29, 0.717) is 6.54 Å². The summed E-state index contributed by atoms with van der Waals surface area (Å²) in [5, 5.41) is 1.75. The van der Waals surface area contributed by atoms with Crippen molar-refractivity contribution in [2.24, 2.45) is 11.7 Å². The zero-order valence-electron chi connectivity index (χ0n) is 12.3. The molecule has 0 spiro atoms. The third kappa shape index (κ3) is 2.11. The second-order valence-corrected chi connectivity index (χ2v) is 5.68. The molecule has 1 aromatic carbocycles. The molecule has 0 saturated carbocycles. The predicted molar refractivity (Wildman–Crippen MR) is 86.7 cm³/mol. The van der Waals surface area contributed by atoms with Crippen LogP contribution in [-0.2, 0) is 9.59 Å². The van der Waals surface area contributed by atoms with Gasteiger partial charge in [-0.15, -0.1) is 0 Å². The van der Waals surface area contributed by atoms with Gasteiger partial charge >= 0.3 is 0 Å². The highest BCUT2D eigenvalue weighted by Crippen LogP contribution is 2.35. The molecule has 1 aliphatic rings. The van der Waals surface area contributed by atoms with Crippen molar-refractivity contribution in [2.45, 2.75) is 6.42 Å². The number of pyridine rings is 2. The van der Waals surface area contributed by atoms with E-state index in [1.54, 1.807) is 17.3 Å². The van der Waals surface area contributed by atoms with Gasteiger partial charge in [-0.1, -0.05) is 6.07 Å². The lowest BCUT2D eigenvalue weighted by Crippen LogP contribution is -2.28. The average molecular weight is 306 g/mol. The maximum Gasteiger partial charge on any atom is 0.227 e. The lowest BCUT2D eigenvalue weighted by molar-refractivity contribution is -0.123. The van der Waals surface area contributed by atoms with Crippen LogP contribution in [0.4, 0.5) is 5.69 Å². The zero-order valence-corrected chi connectivity index (χ0v) is 12.3. The monoisotopic (exact) mass is 306 g/mol. The molecular formula is C17H14N4O2. The number of nitrogens with two attached hydrogens (primary N) is 1. The predicted octanol–water partition coefficient (Wildman–Crippen LogP) is 1.62. The molecule has 6 heteroatoms. The van der Waals surface area contributed by atoms with Gasteiger partial charge in [-0.05, 0) is 24.3 Å². The van der Waals surface area contributed by atoms with Crippen LogP contribution in [0.15, 0.2) is 42.7 Å². The summed E-state index contributed by atoms with van der Waals surface area (Å²) in [5.41, 5.74) is 7.66. The van der Waals surface area contributed by atoms with Gasteiger partial charge in [-0.25, -0.2) is 0 Å². The Hall–Kier alpha value is -3.02. The van der Waals surface area contributed by atoms with E-state index < -0.39 is 11.8 Å². The number of primary amides is 1. The fourth-order valence-corrected chi connectivity index (χ4v) is 3.11. The Balaban J connectivity index is 1.95. The van der Waals surface area contributed by atoms with Gasteiger partial charge in [0.25, 0.3) is 0 Å². The molecule has 23 heavy (non-hydrogen) atoms. The maximum atomic E-state index is 12.4. The van der Waals surface area contributed by atoms with Crippen molar-refractivity contribution in [3.05, 3.63) is 42.7 Å². The third-order valence-electron chi connectivity index (χ3n) is 4.26. The number of carbonyl (C=O) groups is 2. The quantitative estimate of drug-likeness (QED) is 0.729. The molecule has 1 saturated heterocycles. The van der Waals surface area contributed by atoms with E-state index in [1.165, 1.54) is 0 Å². The summed E-state index contributed by atoms with van der Waals surface area (Å²) in [5.74, 6) is -0.980. The number of rotatable bonds is 2. The number of carbonyl (C=O) groups excluding carboxylic acids is 2. The van der Waals surface area contributed by atoms with Crippen molar-refractivity contribution in [2.75, 3.05) is 11.4 Å². The van der Waals surface area contributed by atoms with Gasteiger partial charge in [0.2, 0.25) is 11.8 Å². The van der Waals surface area contributed by atoms with Gasteiger partial charge in [-0.3, -0.25) is 19.6 Å². The molecule has 4 rings (SSSR count). The number of fused-ring (bicyclic) bond motifs is 3. The van der Waals surface area contributed by atoms with Gasteiger partial charge in [0.1, 0.15) is 0 Å². The number of hydrogen-bond acceptors (Lipinski definition) is 4. The maximum absolute atomic E-state index is 12.4. The van der Waals surface area contributed by atoms with Crippen molar-refractivity contribution in [3.8, 4) is 0 Å². The average Bonchev–Trinajstić information content (AvgIpc) is 2.96. The minimum Gasteiger partial charge on any atom is -0.369 e. The highest BCUT2D eigenvalue weighted by atomic mass is 16.2. The Morgan fingerprint density at radius 2 is 1.91 bits per heavy atom. The summed E-state index contributed by atoms with van der Waals surface area (Å²) in [7, 11) is 0. The summed E-state index contributed by atoms with van der Waals surface area (Å²) in [6.45, 7) is 0.309. The smallest absolute Gasteiger partial charge is 0.227 e. The summed E-state index contributed by atoms with van der Waals surface area (Å²) >= 11 is 0. The second-order valence-electron chi connectivity index (χ2n) is 5.68. The van der Waals surface area contributed by atoms with E-state index in [0.717, 1.165) is 27.5 Å². The van der Waals surface area contributed by atoms with Crippen LogP contribution in [0.3, 0.4) is 0 Å². The van der Waals surface area contributed by atoms with Crippen LogP contribution in [0, 0.1) is 5.92 Å². The largest absolute Gasteiger partial charge is 0.369 e. The molecule has 1 fully saturated rings. The van der Waals surface area contributed by atoms with Gasteiger partial charge in [0.15, 0.2) is 0 Å². The topological polar surface area (TPSA) is 89.2 Å². The minimum absolute atomic E-state index is 0.0952. The molecule has 0 bridgehead atoms. The highest BCUT2D eigenvalue weighted by Gasteiger charge is 2.34. The zero-order chi connectivity index (χ0) is 16.0. The van der Waals surface area contributed by atoms with Gasteiger partial charge < -0.3 is 10.6 Å². The summed E-state index contributed by atoms with van der Waals surface area (Å²) < 4.78 is 0. The van der Waals surface area contributed by atoms with E-state index in [9.17, 15) is 9.59 Å².